The number of guanidine groups is 1. The molecule has 0 atom stereocenters. The van der Waals surface area contributed by atoms with E-state index in [1.54, 1.807) is 28.4 Å². The molecule has 154 valence electrons. The standard InChI is InChI=1S/C21H29N3O3.HI/c1-15-10-17(12-18(11-15)25-3)14-24-21(22-2)23-9-8-16-6-7-19(26-4)20(13-16)27-5;/h6-7,10-13H,8-9,14H2,1-5H3,(H2,22,23,24);1H. The van der Waals surface area contributed by atoms with Crippen LogP contribution in [-0.2, 0) is 13.0 Å². The van der Waals surface area contributed by atoms with Crippen LogP contribution in [-0.4, -0.2) is 40.9 Å². The minimum atomic E-state index is 0. The molecule has 0 bridgehead atoms. The number of ether oxygens (including phenoxy) is 3. The van der Waals surface area contributed by atoms with Crippen molar-refractivity contribution >= 4 is 29.9 Å². The van der Waals surface area contributed by atoms with E-state index in [2.05, 4.69) is 28.6 Å². The van der Waals surface area contributed by atoms with E-state index in [9.17, 15) is 0 Å². The van der Waals surface area contributed by atoms with Crippen molar-refractivity contribution in [2.45, 2.75) is 19.9 Å². The smallest absolute Gasteiger partial charge is 0.191 e. The summed E-state index contributed by atoms with van der Waals surface area (Å²) < 4.78 is 15.9. The number of hydrogen-bond donors (Lipinski definition) is 2. The highest BCUT2D eigenvalue weighted by molar-refractivity contribution is 14.0. The maximum absolute atomic E-state index is 5.35. The monoisotopic (exact) mass is 499 g/mol. The Morgan fingerprint density at radius 3 is 2.29 bits per heavy atom. The molecule has 6 nitrogen and oxygen atoms in total. The van der Waals surface area contributed by atoms with Crippen LogP contribution >= 0.6 is 24.0 Å². The molecule has 0 saturated carbocycles. The maximum Gasteiger partial charge on any atom is 0.191 e. The molecule has 0 aliphatic rings. The Balaban J connectivity index is 0.00000392. The van der Waals surface area contributed by atoms with Gasteiger partial charge >= 0.3 is 0 Å². The number of rotatable bonds is 8. The number of nitrogens with zero attached hydrogens (tertiary/aromatic N) is 1. The van der Waals surface area contributed by atoms with Crippen LogP contribution < -0.4 is 24.8 Å². The van der Waals surface area contributed by atoms with Gasteiger partial charge in [0.15, 0.2) is 17.5 Å². The van der Waals surface area contributed by atoms with Crippen molar-refractivity contribution in [3.05, 3.63) is 53.1 Å². The zero-order chi connectivity index (χ0) is 19.6. The highest BCUT2D eigenvalue weighted by Gasteiger charge is 2.05. The van der Waals surface area contributed by atoms with E-state index in [0.717, 1.165) is 41.7 Å². The Hall–Kier alpha value is -2.16. The molecule has 0 amide bonds. The first-order valence-electron chi connectivity index (χ1n) is 8.89. The molecule has 2 aromatic carbocycles. The molecule has 0 spiro atoms. The van der Waals surface area contributed by atoms with E-state index < -0.39 is 0 Å². The van der Waals surface area contributed by atoms with Crippen LogP contribution in [0.15, 0.2) is 41.4 Å². The fourth-order valence-electron chi connectivity index (χ4n) is 2.81. The number of halogens is 1. The van der Waals surface area contributed by atoms with E-state index >= 15 is 0 Å². The summed E-state index contributed by atoms with van der Waals surface area (Å²) in [6.07, 6.45) is 0.847. The third-order valence-corrected chi connectivity index (χ3v) is 4.18. The van der Waals surface area contributed by atoms with E-state index in [0.29, 0.717) is 6.54 Å². The molecular weight excluding hydrogens is 469 g/mol. The zero-order valence-electron chi connectivity index (χ0n) is 17.2. The molecule has 0 heterocycles. The van der Waals surface area contributed by atoms with E-state index in [1.807, 2.05) is 30.3 Å². The van der Waals surface area contributed by atoms with Gasteiger partial charge in [0.2, 0.25) is 0 Å². The molecule has 2 N–H and O–H groups in total. The van der Waals surface area contributed by atoms with Crippen molar-refractivity contribution in [3.8, 4) is 17.2 Å². The largest absolute Gasteiger partial charge is 0.497 e. The summed E-state index contributed by atoms with van der Waals surface area (Å²) >= 11 is 0. The van der Waals surface area contributed by atoms with Gasteiger partial charge in [-0.15, -0.1) is 24.0 Å². The average Bonchev–Trinajstić information content (AvgIpc) is 2.69. The van der Waals surface area contributed by atoms with Gasteiger partial charge in [-0.3, -0.25) is 4.99 Å². The van der Waals surface area contributed by atoms with Gasteiger partial charge in [-0.25, -0.2) is 0 Å². The molecule has 0 aliphatic carbocycles. The summed E-state index contributed by atoms with van der Waals surface area (Å²) in [5, 5.41) is 6.66. The topological polar surface area (TPSA) is 64.1 Å². The van der Waals surface area contributed by atoms with Gasteiger partial charge in [0.1, 0.15) is 5.75 Å². The van der Waals surface area contributed by atoms with Crippen molar-refractivity contribution in [1.29, 1.82) is 0 Å². The second-order valence-corrected chi connectivity index (χ2v) is 6.15. The highest BCUT2D eigenvalue weighted by atomic mass is 127. The average molecular weight is 499 g/mol. The third kappa shape index (κ3) is 7.10. The highest BCUT2D eigenvalue weighted by Crippen LogP contribution is 2.27. The van der Waals surface area contributed by atoms with Gasteiger partial charge in [-0.2, -0.15) is 0 Å². The van der Waals surface area contributed by atoms with Gasteiger partial charge in [0, 0.05) is 20.1 Å². The Kier molecular flexibility index (Phi) is 10.5. The number of benzene rings is 2. The summed E-state index contributed by atoms with van der Waals surface area (Å²) in [5.74, 6) is 3.10. The fourth-order valence-corrected chi connectivity index (χ4v) is 2.81. The van der Waals surface area contributed by atoms with E-state index in [-0.39, 0.29) is 24.0 Å². The molecule has 0 saturated heterocycles. The molecule has 28 heavy (non-hydrogen) atoms. The number of aryl methyl sites for hydroxylation is 1. The SMILES string of the molecule is CN=C(NCCc1ccc(OC)c(OC)c1)NCc1cc(C)cc(OC)c1.I. The molecule has 0 unspecified atom stereocenters. The van der Waals surface area contributed by atoms with Crippen LogP contribution in [0.4, 0.5) is 0 Å². The quantitative estimate of drug-likeness (QED) is 0.331. The van der Waals surface area contributed by atoms with Crippen LogP contribution in [0, 0.1) is 6.92 Å². The van der Waals surface area contributed by atoms with Crippen LogP contribution in [0.2, 0.25) is 0 Å². The number of nitrogens with one attached hydrogen (secondary N) is 2. The van der Waals surface area contributed by atoms with Crippen LogP contribution in [0.5, 0.6) is 17.2 Å². The van der Waals surface area contributed by atoms with Crippen molar-refractivity contribution in [1.82, 2.24) is 10.6 Å². The summed E-state index contributed by atoms with van der Waals surface area (Å²) in [4.78, 5) is 4.28. The summed E-state index contributed by atoms with van der Waals surface area (Å²) in [6, 6.07) is 12.1. The fraction of sp³-hybridized carbons (Fsp3) is 0.381. The second-order valence-electron chi connectivity index (χ2n) is 6.15. The minimum absolute atomic E-state index is 0. The van der Waals surface area contributed by atoms with Crippen molar-refractivity contribution in [3.63, 3.8) is 0 Å². The molecule has 0 aromatic heterocycles. The number of hydrogen-bond acceptors (Lipinski definition) is 4. The lowest BCUT2D eigenvalue weighted by atomic mass is 10.1. The third-order valence-electron chi connectivity index (χ3n) is 4.18. The van der Waals surface area contributed by atoms with Crippen LogP contribution in [0.25, 0.3) is 0 Å². The summed E-state index contributed by atoms with van der Waals surface area (Å²) in [6.45, 7) is 3.49. The van der Waals surface area contributed by atoms with Crippen molar-refractivity contribution in [2.24, 2.45) is 4.99 Å². The lowest BCUT2D eigenvalue weighted by molar-refractivity contribution is 0.354. The molecule has 2 rings (SSSR count). The number of aliphatic imine (C=N–C) groups is 1. The Labute approximate surface area is 184 Å². The molecule has 0 aliphatic heterocycles. The van der Waals surface area contributed by atoms with Gasteiger partial charge in [-0.05, 0) is 54.3 Å². The lowest BCUT2D eigenvalue weighted by Gasteiger charge is -2.14. The first-order chi connectivity index (χ1) is 13.1. The van der Waals surface area contributed by atoms with E-state index in [1.165, 1.54) is 11.1 Å². The lowest BCUT2D eigenvalue weighted by Crippen LogP contribution is -2.37. The Morgan fingerprint density at radius 2 is 1.64 bits per heavy atom. The Bertz CT molecular complexity index is 781. The maximum atomic E-state index is 5.35. The van der Waals surface area contributed by atoms with Gasteiger partial charge < -0.3 is 24.8 Å². The van der Waals surface area contributed by atoms with Crippen molar-refractivity contribution < 1.29 is 14.2 Å². The normalized spacial score (nSPS) is 10.7. The van der Waals surface area contributed by atoms with Crippen LogP contribution in [0.1, 0.15) is 16.7 Å². The molecule has 7 heteroatoms. The molecular formula is C21H30IN3O3. The first-order valence-corrected chi connectivity index (χ1v) is 8.89. The first kappa shape index (κ1) is 23.9. The van der Waals surface area contributed by atoms with Crippen molar-refractivity contribution in [2.75, 3.05) is 34.9 Å². The predicted molar refractivity (Wildman–Crippen MR) is 125 cm³/mol. The second kappa shape index (κ2) is 12.3. The predicted octanol–water partition coefficient (Wildman–Crippen LogP) is 3.55. The van der Waals surface area contributed by atoms with Crippen LogP contribution in [0.3, 0.4) is 0 Å². The van der Waals surface area contributed by atoms with Gasteiger partial charge in [-0.1, -0.05) is 12.1 Å². The minimum Gasteiger partial charge on any atom is -0.497 e. The van der Waals surface area contributed by atoms with Gasteiger partial charge in [0.05, 0.1) is 21.3 Å². The molecule has 2 aromatic rings. The molecule has 0 fully saturated rings. The Morgan fingerprint density at radius 1 is 0.893 bits per heavy atom. The number of methoxy groups -OCH3 is 3. The van der Waals surface area contributed by atoms with Gasteiger partial charge in [0.25, 0.3) is 0 Å². The summed E-state index contributed by atoms with van der Waals surface area (Å²) in [7, 11) is 6.73. The molecule has 0 radical (unpaired) electrons. The zero-order valence-corrected chi connectivity index (χ0v) is 19.5. The summed E-state index contributed by atoms with van der Waals surface area (Å²) in [5.41, 5.74) is 3.48. The van der Waals surface area contributed by atoms with E-state index in [4.69, 9.17) is 14.2 Å².